The molecular formula is C15H22N2O3. The normalized spacial score (nSPS) is 17.8. The summed E-state index contributed by atoms with van der Waals surface area (Å²) in [5.41, 5.74) is 0.663. The van der Waals surface area contributed by atoms with Gasteiger partial charge >= 0.3 is 0 Å². The average Bonchev–Trinajstić information content (AvgIpc) is 2.96. The first-order chi connectivity index (χ1) is 9.74. The molecule has 2 rings (SSSR count). The number of ether oxygens (including phenoxy) is 2. The van der Waals surface area contributed by atoms with Gasteiger partial charge in [0.25, 0.3) is 0 Å². The van der Waals surface area contributed by atoms with Gasteiger partial charge in [0.15, 0.2) is 0 Å². The fourth-order valence-electron chi connectivity index (χ4n) is 2.27. The molecule has 5 heteroatoms. The Hall–Kier alpha value is -1.75. The van der Waals surface area contributed by atoms with Crippen molar-refractivity contribution in [2.75, 3.05) is 25.1 Å². The first kappa shape index (κ1) is 14.7. The van der Waals surface area contributed by atoms with E-state index in [0.717, 1.165) is 25.1 Å². The largest absolute Gasteiger partial charge is 0.494 e. The SMILES string of the molecule is CCOc1ccc(OCC)c(NC(=O)[C@@H]2CCCN2)c1. The van der Waals surface area contributed by atoms with Crippen molar-refractivity contribution in [3.63, 3.8) is 0 Å². The van der Waals surface area contributed by atoms with Crippen LogP contribution in [0.2, 0.25) is 0 Å². The molecule has 1 aromatic carbocycles. The molecule has 1 aliphatic rings. The van der Waals surface area contributed by atoms with Gasteiger partial charge < -0.3 is 20.1 Å². The monoisotopic (exact) mass is 278 g/mol. The number of benzene rings is 1. The Kier molecular flexibility index (Phi) is 5.24. The predicted molar refractivity (Wildman–Crippen MR) is 78.4 cm³/mol. The fourth-order valence-corrected chi connectivity index (χ4v) is 2.27. The van der Waals surface area contributed by atoms with E-state index in [1.165, 1.54) is 0 Å². The Morgan fingerprint density at radius 2 is 2.15 bits per heavy atom. The second-order valence-electron chi connectivity index (χ2n) is 4.66. The maximum Gasteiger partial charge on any atom is 0.241 e. The summed E-state index contributed by atoms with van der Waals surface area (Å²) in [6.45, 7) is 5.89. The van der Waals surface area contributed by atoms with Gasteiger partial charge in [0.1, 0.15) is 11.5 Å². The number of amides is 1. The molecule has 1 amide bonds. The molecule has 0 aromatic heterocycles. The zero-order chi connectivity index (χ0) is 14.4. The number of hydrogen-bond acceptors (Lipinski definition) is 4. The zero-order valence-electron chi connectivity index (χ0n) is 12.1. The molecule has 0 aliphatic carbocycles. The van der Waals surface area contributed by atoms with Crippen molar-refractivity contribution in [1.82, 2.24) is 5.32 Å². The second kappa shape index (κ2) is 7.14. The van der Waals surface area contributed by atoms with Crippen LogP contribution in [0.25, 0.3) is 0 Å². The minimum absolute atomic E-state index is 0.0166. The maximum absolute atomic E-state index is 12.2. The lowest BCUT2D eigenvalue weighted by Crippen LogP contribution is -2.35. The van der Waals surface area contributed by atoms with Gasteiger partial charge in [0.2, 0.25) is 5.91 Å². The van der Waals surface area contributed by atoms with Crippen molar-refractivity contribution < 1.29 is 14.3 Å². The van der Waals surface area contributed by atoms with E-state index in [1.54, 1.807) is 6.07 Å². The first-order valence-corrected chi connectivity index (χ1v) is 7.18. The molecule has 0 spiro atoms. The summed E-state index contributed by atoms with van der Waals surface area (Å²) in [6.07, 6.45) is 1.91. The Labute approximate surface area is 119 Å². The Morgan fingerprint density at radius 1 is 1.35 bits per heavy atom. The van der Waals surface area contributed by atoms with Crippen molar-refractivity contribution >= 4 is 11.6 Å². The smallest absolute Gasteiger partial charge is 0.241 e. The van der Waals surface area contributed by atoms with Crippen molar-refractivity contribution in [1.29, 1.82) is 0 Å². The summed E-state index contributed by atoms with van der Waals surface area (Å²) in [6, 6.07) is 5.37. The Balaban J connectivity index is 2.13. The van der Waals surface area contributed by atoms with Crippen LogP contribution in [0.4, 0.5) is 5.69 Å². The summed E-state index contributed by atoms with van der Waals surface area (Å²) in [4.78, 5) is 12.2. The highest BCUT2D eigenvalue weighted by atomic mass is 16.5. The van der Waals surface area contributed by atoms with Crippen LogP contribution < -0.4 is 20.1 Å². The molecular weight excluding hydrogens is 256 g/mol. The third-order valence-corrected chi connectivity index (χ3v) is 3.20. The zero-order valence-corrected chi connectivity index (χ0v) is 12.1. The summed E-state index contributed by atoms with van der Waals surface area (Å²) in [5.74, 6) is 1.38. The van der Waals surface area contributed by atoms with E-state index >= 15 is 0 Å². The summed E-state index contributed by atoms with van der Waals surface area (Å²) >= 11 is 0. The molecule has 1 heterocycles. The average molecular weight is 278 g/mol. The van der Waals surface area contributed by atoms with Crippen LogP contribution in [0.15, 0.2) is 18.2 Å². The van der Waals surface area contributed by atoms with Gasteiger partial charge in [0.05, 0.1) is 24.9 Å². The Morgan fingerprint density at radius 3 is 2.80 bits per heavy atom. The van der Waals surface area contributed by atoms with E-state index in [1.807, 2.05) is 26.0 Å². The quantitative estimate of drug-likeness (QED) is 0.837. The molecule has 1 fully saturated rings. The maximum atomic E-state index is 12.2. The van der Waals surface area contributed by atoms with Gasteiger partial charge in [-0.2, -0.15) is 0 Å². The van der Waals surface area contributed by atoms with Gasteiger partial charge in [0, 0.05) is 6.07 Å². The summed E-state index contributed by atoms with van der Waals surface area (Å²) < 4.78 is 11.0. The minimum Gasteiger partial charge on any atom is -0.494 e. The number of carbonyl (C=O) groups excluding carboxylic acids is 1. The molecule has 0 saturated carbocycles. The standard InChI is InChI=1S/C15H22N2O3/c1-3-19-11-7-8-14(20-4-2)13(10-11)17-15(18)12-6-5-9-16-12/h7-8,10,12,16H,3-6,9H2,1-2H3,(H,17,18)/t12-/m0/s1. The van der Waals surface area contributed by atoms with Crippen LogP contribution in [0.3, 0.4) is 0 Å². The molecule has 1 saturated heterocycles. The van der Waals surface area contributed by atoms with Crippen LogP contribution in [0, 0.1) is 0 Å². The summed E-state index contributed by atoms with van der Waals surface area (Å²) in [5, 5.41) is 6.11. The van der Waals surface area contributed by atoms with E-state index in [2.05, 4.69) is 10.6 Å². The molecule has 1 atom stereocenters. The van der Waals surface area contributed by atoms with Gasteiger partial charge in [-0.25, -0.2) is 0 Å². The third-order valence-electron chi connectivity index (χ3n) is 3.20. The molecule has 2 N–H and O–H groups in total. The molecule has 5 nitrogen and oxygen atoms in total. The first-order valence-electron chi connectivity index (χ1n) is 7.18. The van der Waals surface area contributed by atoms with Gasteiger partial charge in [-0.3, -0.25) is 4.79 Å². The third kappa shape index (κ3) is 3.63. The molecule has 1 aromatic rings. The van der Waals surface area contributed by atoms with Gasteiger partial charge in [-0.05, 0) is 45.4 Å². The topological polar surface area (TPSA) is 59.6 Å². The Bertz CT molecular complexity index is 456. The van der Waals surface area contributed by atoms with Crippen LogP contribution in [-0.2, 0) is 4.79 Å². The molecule has 1 aliphatic heterocycles. The van der Waals surface area contributed by atoms with Crippen LogP contribution in [0.5, 0.6) is 11.5 Å². The number of rotatable bonds is 6. The number of hydrogen-bond donors (Lipinski definition) is 2. The van der Waals surface area contributed by atoms with Crippen molar-refractivity contribution in [2.24, 2.45) is 0 Å². The molecule has 0 radical (unpaired) electrons. The molecule has 0 unspecified atom stereocenters. The highest BCUT2D eigenvalue weighted by Gasteiger charge is 2.23. The van der Waals surface area contributed by atoms with Crippen LogP contribution in [-0.4, -0.2) is 31.7 Å². The fraction of sp³-hybridized carbons (Fsp3) is 0.533. The van der Waals surface area contributed by atoms with Crippen molar-refractivity contribution in [2.45, 2.75) is 32.7 Å². The van der Waals surface area contributed by atoms with Crippen molar-refractivity contribution in [3.8, 4) is 11.5 Å². The highest BCUT2D eigenvalue weighted by Crippen LogP contribution is 2.29. The minimum atomic E-state index is -0.111. The van der Waals surface area contributed by atoms with E-state index in [4.69, 9.17) is 9.47 Å². The number of carbonyl (C=O) groups is 1. The van der Waals surface area contributed by atoms with E-state index in [0.29, 0.717) is 24.7 Å². The van der Waals surface area contributed by atoms with Gasteiger partial charge in [-0.1, -0.05) is 0 Å². The van der Waals surface area contributed by atoms with E-state index < -0.39 is 0 Å². The van der Waals surface area contributed by atoms with Crippen LogP contribution in [0.1, 0.15) is 26.7 Å². The lowest BCUT2D eigenvalue weighted by molar-refractivity contribution is -0.117. The number of nitrogens with one attached hydrogen (secondary N) is 2. The van der Waals surface area contributed by atoms with Crippen molar-refractivity contribution in [3.05, 3.63) is 18.2 Å². The predicted octanol–water partition coefficient (Wildman–Crippen LogP) is 2.17. The summed E-state index contributed by atoms with van der Waals surface area (Å²) in [7, 11) is 0. The van der Waals surface area contributed by atoms with Gasteiger partial charge in [-0.15, -0.1) is 0 Å². The van der Waals surface area contributed by atoms with Crippen LogP contribution >= 0.6 is 0 Å². The molecule has 110 valence electrons. The molecule has 0 bridgehead atoms. The lowest BCUT2D eigenvalue weighted by atomic mass is 10.2. The number of anilines is 1. The molecule has 20 heavy (non-hydrogen) atoms. The lowest BCUT2D eigenvalue weighted by Gasteiger charge is -2.15. The highest BCUT2D eigenvalue weighted by molar-refractivity contribution is 5.96. The van der Waals surface area contributed by atoms with E-state index in [9.17, 15) is 4.79 Å². The van der Waals surface area contributed by atoms with E-state index in [-0.39, 0.29) is 11.9 Å². The second-order valence-corrected chi connectivity index (χ2v) is 4.66.